The minimum Gasteiger partial charge on any atom is -0.497 e. The van der Waals surface area contributed by atoms with Crippen molar-refractivity contribution in [2.45, 2.75) is 25.9 Å². The molecule has 6 nitrogen and oxygen atoms in total. The Morgan fingerprint density at radius 3 is 2.63 bits per heavy atom. The fraction of sp³-hybridized carbons (Fsp3) is 0.333. The number of amides is 2. The van der Waals surface area contributed by atoms with E-state index in [9.17, 15) is 9.59 Å². The van der Waals surface area contributed by atoms with Crippen LogP contribution in [0.4, 0.5) is 4.79 Å². The van der Waals surface area contributed by atoms with Crippen LogP contribution < -0.4 is 10.1 Å². The molecule has 6 heteroatoms. The summed E-state index contributed by atoms with van der Waals surface area (Å²) in [6, 6.07) is 14.3. The van der Waals surface area contributed by atoms with Gasteiger partial charge in [0.2, 0.25) is 0 Å². The van der Waals surface area contributed by atoms with Gasteiger partial charge >= 0.3 is 12.0 Å². The Hall–Kier alpha value is -3.02. The fourth-order valence-corrected chi connectivity index (χ4v) is 3.48. The fourth-order valence-electron chi connectivity index (χ4n) is 3.48. The van der Waals surface area contributed by atoms with Crippen molar-refractivity contribution in [1.82, 2.24) is 10.2 Å². The number of carboxylic acid groups (broad SMARTS) is 1. The number of rotatable bonds is 5. The van der Waals surface area contributed by atoms with Crippen molar-refractivity contribution in [3.63, 3.8) is 0 Å². The highest BCUT2D eigenvalue weighted by Gasteiger charge is 2.34. The van der Waals surface area contributed by atoms with Crippen molar-refractivity contribution < 1.29 is 19.4 Å². The normalized spacial score (nSPS) is 19.0. The summed E-state index contributed by atoms with van der Waals surface area (Å²) in [5.41, 5.74) is 2.16. The molecule has 0 bridgehead atoms. The van der Waals surface area contributed by atoms with Gasteiger partial charge in [-0.1, -0.05) is 31.2 Å². The SMILES string of the molecule is COc1cccc(C2CC(C)CN2C(=O)NCc2ccc(C(=O)O)cc2)c1. The first kappa shape index (κ1) is 18.8. The molecule has 0 spiro atoms. The lowest BCUT2D eigenvalue weighted by Gasteiger charge is -2.25. The first-order valence-electron chi connectivity index (χ1n) is 8.98. The van der Waals surface area contributed by atoms with Crippen LogP contribution in [0.3, 0.4) is 0 Å². The predicted molar refractivity (Wildman–Crippen MR) is 102 cm³/mol. The van der Waals surface area contributed by atoms with E-state index in [1.54, 1.807) is 31.4 Å². The molecule has 2 aromatic rings. The van der Waals surface area contributed by atoms with E-state index in [1.165, 1.54) is 0 Å². The quantitative estimate of drug-likeness (QED) is 0.844. The number of aromatic carboxylic acids is 1. The molecule has 3 rings (SSSR count). The molecule has 2 amide bonds. The average molecular weight is 368 g/mol. The maximum Gasteiger partial charge on any atom is 0.335 e. The van der Waals surface area contributed by atoms with Gasteiger partial charge < -0.3 is 20.1 Å². The van der Waals surface area contributed by atoms with Gasteiger partial charge in [0.15, 0.2) is 0 Å². The van der Waals surface area contributed by atoms with Gasteiger partial charge in [-0.15, -0.1) is 0 Å². The number of methoxy groups -OCH3 is 1. The molecule has 1 fully saturated rings. The van der Waals surface area contributed by atoms with Crippen LogP contribution in [0.1, 0.15) is 40.9 Å². The number of ether oxygens (including phenoxy) is 1. The molecule has 2 atom stereocenters. The highest BCUT2D eigenvalue weighted by molar-refractivity contribution is 5.87. The highest BCUT2D eigenvalue weighted by Crippen LogP contribution is 2.36. The van der Waals surface area contributed by atoms with Gasteiger partial charge in [0.05, 0.1) is 18.7 Å². The number of carbonyl (C=O) groups is 2. The summed E-state index contributed by atoms with van der Waals surface area (Å²) in [6.07, 6.45) is 0.911. The first-order valence-corrected chi connectivity index (χ1v) is 8.98. The van der Waals surface area contributed by atoms with Crippen LogP contribution in [0.2, 0.25) is 0 Å². The van der Waals surface area contributed by atoms with E-state index in [-0.39, 0.29) is 17.6 Å². The number of nitrogens with one attached hydrogen (secondary N) is 1. The Morgan fingerprint density at radius 1 is 1.22 bits per heavy atom. The number of nitrogens with zero attached hydrogens (tertiary/aromatic N) is 1. The summed E-state index contributed by atoms with van der Waals surface area (Å²) < 4.78 is 5.31. The number of urea groups is 1. The average Bonchev–Trinajstić information content (AvgIpc) is 3.08. The Morgan fingerprint density at radius 2 is 1.96 bits per heavy atom. The van der Waals surface area contributed by atoms with Crippen molar-refractivity contribution >= 4 is 12.0 Å². The number of carboxylic acids is 1. The van der Waals surface area contributed by atoms with Crippen molar-refractivity contribution in [2.24, 2.45) is 5.92 Å². The van der Waals surface area contributed by atoms with E-state index in [4.69, 9.17) is 9.84 Å². The second kappa shape index (κ2) is 8.12. The van der Waals surface area contributed by atoms with Gasteiger partial charge in [0.1, 0.15) is 5.75 Å². The smallest absolute Gasteiger partial charge is 0.335 e. The van der Waals surface area contributed by atoms with Crippen LogP contribution in [-0.4, -0.2) is 35.7 Å². The largest absolute Gasteiger partial charge is 0.497 e. The Balaban J connectivity index is 1.67. The molecule has 0 saturated carbocycles. The van der Waals surface area contributed by atoms with Gasteiger partial charge in [-0.2, -0.15) is 0 Å². The molecule has 0 aliphatic carbocycles. The minimum absolute atomic E-state index is 0.0180. The minimum atomic E-state index is -0.960. The summed E-state index contributed by atoms with van der Waals surface area (Å²) in [5, 5.41) is 11.9. The Labute approximate surface area is 158 Å². The van der Waals surface area contributed by atoms with Crippen LogP contribution in [0.5, 0.6) is 5.75 Å². The third-order valence-electron chi connectivity index (χ3n) is 4.89. The van der Waals surface area contributed by atoms with Gasteiger partial charge in [0, 0.05) is 13.1 Å². The van der Waals surface area contributed by atoms with E-state index in [1.807, 2.05) is 29.2 Å². The Bertz CT molecular complexity index is 819. The van der Waals surface area contributed by atoms with Crippen LogP contribution in [0.15, 0.2) is 48.5 Å². The highest BCUT2D eigenvalue weighted by atomic mass is 16.5. The van der Waals surface area contributed by atoms with E-state index in [2.05, 4.69) is 12.2 Å². The summed E-state index contributed by atoms with van der Waals surface area (Å²) >= 11 is 0. The number of benzene rings is 2. The van der Waals surface area contributed by atoms with E-state index >= 15 is 0 Å². The van der Waals surface area contributed by atoms with Crippen LogP contribution in [0.25, 0.3) is 0 Å². The van der Waals surface area contributed by atoms with Crippen LogP contribution in [0, 0.1) is 5.92 Å². The maximum atomic E-state index is 12.8. The molecule has 2 aromatic carbocycles. The van der Waals surface area contributed by atoms with Crippen LogP contribution in [-0.2, 0) is 6.54 Å². The molecule has 0 aromatic heterocycles. The lowest BCUT2D eigenvalue weighted by Crippen LogP contribution is -2.39. The van der Waals surface area contributed by atoms with Crippen molar-refractivity contribution in [3.05, 3.63) is 65.2 Å². The van der Waals surface area contributed by atoms with Crippen molar-refractivity contribution in [3.8, 4) is 5.75 Å². The summed E-state index contributed by atoms with van der Waals surface area (Å²) in [6.45, 7) is 3.20. The summed E-state index contributed by atoms with van der Waals surface area (Å²) in [5.74, 6) is 0.241. The van der Waals surface area contributed by atoms with E-state index in [0.29, 0.717) is 19.0 Å². The first-order chi connectivity index (χ1) is 13.0. The zero-order valence-electron chi connectivity index (χ0n) is 15.5. The zero-order chi connectivity index (χ0) is 19.4. The molecular formula is C21H24N2O4. The van der Waals surface area contributed by atoms with Gasteiger partial charge in [-0.25, -0.2) is 9.59 Å². The summed E-state index contributed by atoms with van der Waals surface area (Å²) in [7, 11) is 1.64. The van der Waals surface area contributed by atoms with E-state index < -0.39 is 5.97 Å². The lowest BCUT2D eigenvalue weighted by molar-refractivity contribution is 0.0697. The summed E-state index contributed by atoms with van der Waals surface area (Å²) in [4.78, 5) is 25.5. The lowest BCUT2D eigenvalue weighted by atomic mass is 10.0. The Kier molecular flexibility index (Phi) is 5.64. The molecule has 1 saturated heterocycles. The molecule has 142 valence electrons. The maximum absolute atomic E-state index is 12.8. The van der Waals surface area contributed by atoms with Gasteiger partial charge in [0.25, 0.3) is 0 Å². The molecular weight excluding hydrogens is 344 g/mol. The monoisotopic (exact) mass is 368 g/mol. The van der Waals surface area contributed by atoms with E-state index in [0.717, 1.165) is 23.3 Å². The molecule has 0 radical (unpaired) electrons. The van der Waals surface area contributed by atoms with Crippen molar-refractivity contribution in [2.75, 3.05) is 13.7 Å². The topological polar surface area (TPSA) is 78.9 Å². The molecule has 27 heavy (non-hydrogen) atoms. The molecule has 1 aliphatic heterocycles. The zero-order valence-corrected chi connectivity index (χ0v) is 15.5. The third kappa shape index (κ3) is 4.39. The van der Waals surface area contributed by atoms with Crippen LogP contribution >= 0.6 is 0 Å². The molecule has 2 N–H and O–H groups in total. The van der Waals surface area contributed by atoms with Crippen molar-refractivity contribution in [1.29, 1.82) is 0 Å². The second-order valence-electron chi connectivity index (χ2n) is 6.95. The molecule has 1 aliphatic rings. The number of likely N-dealkylation sites (tertiary alicyclic amines) is 1. The number of hydrogen-bond donors (Lipinski definition) is 2. The van der Waals surface area contributed by atoms with Gasteiger partial charge in [-0.3, -0.25) is 0 Å². The molecule has 1 heterocycles. The number of hydrogen-bond acceptors (Lipinski definition) is 3. The standard InChI is InChI=1S/C21H24N2O4/c1-14-10-19(17-4-3-5-18(11-17)27-2)23(13-14)21(26)22-12-15-6-8-16(9-7-15)20(24)25/h3-9,11,14,19H,10,12-13H2,1-2H3,(H,22,26)(H,24,25). The van der Waals surface area contributed by atoms with Gasteiger partial charge in [-0.05, 0) is 47.7 Å². The number of carbonyl (C=O) groups excluding carboxylic acids is 1. The molecule has 2 unspecified atom stereocenters. The second-order valence-corrected chi connectivity index (χ2v) is 6.95. The predicted octanol–water partition coefficient (Wildman–Crippen LogP) is 3.69. The third-order valence-corrected chi connectivity index (χ3v) is 4.89.